The molecule has 2 aromatic heterocycles. The highest BCUT2D eigenvalue weighted by Crippen LogP contribution is 2.08. The number of hydrogen-bond donors (Lipinski definition) is 1. The van der Waals surface area contributed by atoms with Gasteiger partial charge in [0, 0.05) is 12.7 Å². The fourth-order valence-corrected chi connectivity index (χ4v) is 1.68. The fourth-order valence-electron chi connectivity index (χ4n) is 1.68. The SMILES string of the molecule is CCn1nccc1CNC(=O)c1ccoc1C. The lowest BCUT2D eigenvalue weighted by Crippen LogP contribution is -2.24. The summed E-state index contributed by atoms with van der Waals surface area (Å²) in [5, 5.41) is 6.98. The zero-order valence-electron chi connectivity index (χ0n) is 9.93. The summed E-state index contributed by atoms with van der Waals surface area (Å²) in [6, 6.07) is 3.56. The van der Waals surface area contributed by atoms with E-state index in [4.69, 9.17) is 4.42 Å². The van der Waals surface area contributed by atoms with Gasteiger partial charge in [-0.25, -0.2) is 0 Å². The van der Waals surface area contributed by atoms with Crippen molar-refractivity contribution in [2.24, 2.45) is 0 Å². The molecule has 0 spiro atoms. The Kier molecular flexibility index (Phi) is 3.27. The zero-order valence-corrected chi connectivity index (χ0v) is 9.93. The zero-order chi connectivity index (χ0) is 12.3. The first-order valence-corrected chi connectivity index (χ1v) is 5.55. The van der Waals surface area contributed by atoms with Crippen LogP contribution in [0.25, 0.3) is 0 Å². The summed E-state index contributed by atoms with van der Waals surface area (Å²) >= 11 is 0. The normalized spacial score (nSPS) is 10.5. The van der Waals surface area contributed by atoms with Crippen LogP contribution in [0, 0.1) is 6.92 Å². The van der Waals surface area contributed by atoms with Crippen molar-refractivity contribution in [3.8, 4) is 0 Å². The topological polar surface area (TPSA) is 60.1 Å². The molecule has 0 aromatic carbocycles. The average Bonchev–Trinajstić information content (AvgIpc) is 2.94. The van der Waals surface area contributed by atoms with Crippen LogP contribution >= 0.6 is 0 Å². The van der Waals surface area contributed by atoms with Crippen molar-refractivity contribution in [1.29, 1.82) is 0 Å². The van der Waals surface area contributed by atoms with Gasteiger partial charge in [0.05, 0.1) is 24.1 Å². The largest absolute Gasteiger partial charge is 0.469 e. The Hall–Kier alpha value is -2.04. The molecule has 0 unspecified atom stereocenters. The highest BCUT2D eigenvalue weighted by molar-refractivity contribution is 5.94. The number of hydrogen-bond acceptors (Lipinski definition) is 3. The molecule has 1 amide bonds. The van der Waals surface area contributed by atoms with Gasteiger partial charge in [0.15, 0.2) is 0 Å². The second-order valence-electron chi connectivity index (χ2n) is 3.71. The molecular formula is C12H15N3O2. The molecule has 0 saturated carbocycles. The molecule has 0 aliphatic carbocycles. The van der Waals surface area contributed by atoms with Crippen LogP contribution in [0.3, 0.4) is 0 Å². The molecule has 5 nitrogen and oxygen atoms in total. The first-order valence-electron chi connectivity index (χ1n) is 5.55. The average molecular weight is 233 g/mol. The number of nitrogens with zero attached hydrogens (tertiary/aromatic N) is 2. The predicted octanol–water partition coefficient (Wildman–Crippen LogP) is 1.73. The lowest BCUT2D eigenvalue weighted by Gasteiger charge is -2.06. The summed E-state index contributed by atoms with van der Waals surface area (Å²) in [4.78, 5) is 11.8. The molecule has 0 bridgehead atoms. The third kappa shape index (κ3) is 2.38. The third-order valence-corrected chi connectivity index (χ3v) is 2.64. The Bertz CT molecular complexity index is 513. The molecule has 0 atom stereocenters. The lowest BCUT2D eigenvalue weighted by atomic mass is 10.2. The molecular weight excluding hydrogens is 218 g/mol. The van der Waals surface area contributed by atoms with E-state index in [-0.39, 0.29) is 5.91 Å². The van der Waals surface area contributed by atoms with Gasteiger partial charge in [0.1, 0.15) is 5.76 Å². The van der Waals surface area contributed by atoms with E-state index in [9.17, 15) is 4.79 Å². The molecule has 0 aliphatic heterocycles. The second-order valence-corrected chi connectivity index (χ2v) is 3.71. The van der Waals surface area contributed by atoms with Crippen LogP contribution in [-0.2, 0) is 13.1 Å². The van der Waals surface area contributed by atoms with E-state index in [2.05, 4.69) is 10.4 Å². The molecule has 0 radical (unpaired) electrons. The van der Waals surface area contributed by atoms with Gasteiger partial charge in [-0.15, -0.1) is 0 Å². The molecule has 2 aromatic rings. The van der Waals surface area contributed by atoms with Crippen LogP contribution in [0.5, 0.6) is 0 Å². The van der Waals surface area contributed by atoms with Crippen LogP contribution in [0.4, 0.5) is 0 Å². The third-order valence-electron chi connectivity index (χ3n) is 2.64. The Labute approximate surface area is 99.4 Å². The number of carbonyl (C=O) groups excluding carboxylic acids is 1. The van der Waals surface area contributed by atoms with E-state index < -0.39 is 0 Å². The van der Waals surface area contributed by atoms with E-state index in [0.29, 0.717) is 17.9 Å². The molecule has 1 N–H and O–H groups in total. The van der Waals surface area contributed by atoms with Crippen LogP contribution < -0.4 is 5.32 Å². The van der Waals surface area contributed by atoms with Gasteiger partial charge in [-0.3, -0.25) is 9.48 Å². The smallest absolute Gasteiger partial charge is 0.255 e. The number of aryl methyl sites for hydroxylation is 2. The van der Waals surface area contributed by atoms with Crippen molar-refractivity contribution in [1.82, 2.24) is 15.1 Å². The van der Waals surface area contributed by atoms with E-state index >= 15 is 0 Å². The Morgan fingerprint density at radius 1 is 1.53 bits per heavy atom. The highest BCUT2D eigenvalue weighted by atomic mass is 16.3. The van der Waals surface area contributed by atoms with Crippen LogP contribution in [0.1, 0.15) is 28.7 Å². The first kappa shape index (κ1) is 11.4. The molecule has 0 aliphatic rings. The minimum Gasteiger partial charge on any atom is -0.469 e. The monoisotopic (exact) mass is 233 g/mol. The van der Waals surface area contributed by atoms with Gasteiger partial charge < -0.3 is 9.73 Å². The van der Waals surface area contributed by atoms with Crippen molar-refractivity contribution in [3.05, 3.63) is 41.6 Å². The van der Waals surface area contributed by atoms with Gasteiger partial charge in [-0.05, 0) is 26.0 Å². The second kappa shape index (κ2) is 4.86. The summed E-state index contributed by atoms with van der Waals surface area (Å²) in [5.41, 5.74) is 1.56. The maximum absolute atomic E-state index is 11.8. The van der Waals surface area contributed by atoms with Gasteiger partial charge >= 0.3 is 0 Å². The van der Waals surface area contributed by atoms with Crippen molar-refractivity contribution in [2.75, 3.05) is 0 Å². The van der Waals surface area contributed by atoms with E-state index in [1.54, 1.807) is 19.2 Å². The number of nitrogens with one attached hydrogen (secondary N) is 1. The van der Waals surface area contributed by atoms with Gasteiger partial charge in [0.25, 0.3) is 5.91 Å². The minimum atomic E-state index is -0.125. The maximum Gasteiger partial charge on any atom is 0.255 e. The fraction of sp³-hybridized carbons (Fsp3) is 0.333. The Balaban J connectivity index is 1.99. The van der Waals surface area contributed by atoms with Crippen LogP contribution in [-0.4, -0.2) is 15.7 Å². The summed E-state index contributed by atoms with van der Waals surface area (Å²) in [7, 11) is 0. The molecule has 0 fully saturated rings. The highest BCUT2D eigenvalue weighted by Gasteiger charge is 2.11. The molecule has 2 rings (SSSR count). The molecule has 17 heavy (non-hydrogen) atoms. The minimum absolute atomic E-state index is 0.125. The Morgan fingerprint density at radius 2 is 2.35 bits per heavy atom. The van der Waals surface area contributed by atoms with Crippen molar-refractivity contribution < 1.29 is 9.21 Å². The summed E-state index contributed by atoms with van der Waals surface area (Å²) in [5.74, 6) is 0.506. The standard InChI is InChI=1S/C12H15N3O2/c1-3-15-10(4-6-14-15)8-13-12(16)11-5-7-17-9(11)2/h4-7H,3,8H2,1-2H3,(H,13,16). The van der Waals surface area contributed by atoms with E-state index in [0.717, 1.165) is 12.2 Å². The lowest BCUT2D eigenvalue weighted by molar-refractivity contribution is 0.0948. The number of carbonyl (C=O) groups is 1. The predicted molar refractivity (Wildman–Crippen MR) is 62.5 cm³/mol. The molecule has 2 heterocycles. The molecule has 5 heteroatoms. The quantitative estimate of drug-likeness (QED) is 0.874. The number of furan rings is 1. The maximum atomic E-state index is 11.8. The number of rotatable bonds is 4. The summed E-state index contributed by atoms with van der Waals surface area (Å²) < 4.78 is 6.94. The van der Waals surface area contributed by atoms with Gasteiger partial charge in [0.2, 0.25) is 0 Å². The Morgan fingerprint density at radius 3 is 3.00 bits per heavy atom. The number of amides is 1. The number of aromatic nitrogens is 2. The first-order chi connectivity index (χ1) is 8.22. The van der Waals surface area contributed by atoms with Crippen LogP contribution in [0.2, 0.25) is 0 Å². The van der Waals surface area contributed by atoms with Gasteiger partial charge in [-0.1, -0.05) is 0 Å². The van der Waals surface area contributed by atoms with Crippen molar-refractivity contribution in [2.45, 2.75) is 26.9 Å². The van der Waals surface area contributed by atoms with E-state index in [1.165, 1.54) is 6.26 Å². The van der Waals surface area contributed by atoms with Crippen molar-refractivity contribution in [3.63, 3.8) is 0 Å². The van der Waals surface area contributed by atoms with Crippen molar-refractivity contribution >= 4 is 5.91 Å². The molecule has 0 saturated heterocycles. The summed E-state index contributed by atoms with van der Waals surface area (Å²) in [6.07, 6.45) is 3.24. The van der Waals surface area contributed by atoms with E-state index in [1.807, 2.05) is 17.7 Å². The summed E-state index contributed by atoms with van der Waals surface area (Å²) in [6.45, 7) is 5.05. The van der Waals surface area contributed by atoms with Gasteiger partial charge in [-0.2, -0.15) is 5.10 Å². The van der Waals surface area contributed by atoms with Crippen LogP contribution in [0.15, 0.2) is 29.0 Å². The molecule has 90 valence electrons.